The van der Waals surface area contributed by atoms with E-state index in [1.54, 1.807) is 7.11 Å². The summed E-state index contributed by atoms with van der Waals surface area (Å²) in [6, 6.07) is 8.78. The first-order chi connectivity index (χ1) is 10.0. The summed E-state index contributed by atoms with van der Waals surface area (Å²) in [7, 11) is 1.59. The number of methoxy groups -OCH3 is 1. The normalized spacial score (nSPS) is 13.4. The fraction of sp³-hybridized carbons (Fsp3) is 0.500. The third-order valence-electron chi connectivity index (χ3n) is 3.38. The maximum atomic E-state index is 11.8. The van der Waals surface area contributed by atoms with Crippen molar-refractivity contribution in [3.05, 3.63) is 35.9 Å². The van der Waals surface area contributed by atoms with E-state index in [0.29, 0.717) is 19.3 Å². The highest BCUT2D eigenvalue weighted by Gasteiger charge is 2.19. The Morgan fingerprint density at radius 2 is 1.90 bits per heavy atom. The van der Waals surface area contributed by atoms with Gasteiger partial charge in [-0.15, -0.1) is 0 Å². The van der Waals surface area contributed by atoms with Crippen LogP contribution < -0.4 is 5.32 Å². The number of carbonyl (C=O) groups excluding carboxylic acids is 1. The van der Waals surface area contributed by atoms with Gasteiger partial charge in [-0.05, 0) is 31.7 Å². The third-order valence-corrected chi connectivity index (χ3v) is 3.38. The summed E-state index contributed by atoms with van der Waals surface area (Å²) >= 11 is 0. The predicted molar refractivity (Wildman–Crippen MR) is 80.0 cm³/mol. The second-order valence-corrected chi connectivity index (χ2v) is 5.07. The highest BCUT2D eigenvalue weighted by Crippen LogP contribution is 2.06. The molecule has 2 N–H and O–H groups in total. The molecule has 2 unspecified atom stereocenters. The second-order valence-electron chi connectivity index (χ2n) is 5.07. The van der Waals surface area contributed by atoms with Crippen molar-refractivity contribution in [2.24, 2.45) is 0 Å². The van der Waals surface area contributed by atoms with Crippen molar-refractivity contribution in [3.8, 4) is 0 Å². The Bertz CT molecular complexity index is 447. The van der Waals surface area contributed by atoms with Crippen molar-refractivity contribution < 1.29 is 19.4 Å². The topological polar surface area (TPSA) is 75.6 Å². The van der Waals surface area contributed by atoms with E-state index in [9.17, 15) is 14.7 Å². The Hall–Kier alpha value is -1.88. The first kappa shape index (κ1) is 17.2. The lowest BCUT2D eigenvalue weighted by molar-refractivity contribution is -0.142. The van der Waals surface area contributed by atoms with Crippen LogP contribution in [0.25, 0.3) is 0 Å². The molecular formula is C16H23NO4. The van der Waals surface area contributed by atoms with E-state index in [-0.39, 0.29) is 18.4 Å². The Labute approximate surface area is 125 Å². The molecule has 0 aliphatic carbocycles. The zero-order valence-electron chi connectivity index (χ0n) is 12.5. The van der Waals surface area contributed by atoms with Crippen molar-refractivity contribution >= 4 is 11.9 Å². The number of ether oxygens (including phenoxy) is 1. The van der Waals surface area contributed by atoms with Gasteiger partial charge >= 0.3 is 5.97 Å². The van der Waals surface area contributed by atoms with Crippen LogP contribution in [-0.4, -0.2) is 36.2 Å². The van der Waals surface area contributed by atoms with Crippen LogP contribution in [0, 0.1) is 0 Å². The summed E-state index contributed by atoms with van der Waals surface area (Å²) in [6.07, 6.45) is 1.83. The Kier molecular flexibility index (Phi) is 7.46. The van der Waals surface area contributed by atoms with Crippen LogP contribution in [0.3, 0.4) is 0 Å². The average Bonchev–Trinajstić information content (AvgIpc) is 2.49. The lowest BCUT2D eigenvalue weighted by Crippen LogP contribution is -2.41. The van der Waals surface area contributed by atoms with Gasteiger partial charge in [0.05, 0.1) is 6.10 Å². The average molecular weight is 293 g/mol. The largest absolute Gasteiger partial charge is 0.480 e. The van der Waals surface area contributed by atoms with E-state index in [2.05, 4.69) is 5.32 Å². The number of nitrogens with one attached hydrogen (secondary N) is 1. The molecule has 1 rings (SSSR count). The van der Waals surface area contributed by atoms with Crippen molar-refractivity contribution in [1.29, 1.82) is 0 Å². The first-order valence-electron chi connectivity index (χ1n) is 7.11. The summed E-state index contributed by atoms with van der Waals surface area (Å²) in [6.45, 7) is 1.87. The zero-order chi connectivity index (χ0) is 15.7. The Morgan fingerprint density at radius 1 is 1.24 bits per heavy atom. The minimum absolute atomic E-state index is 0.0108. The molecule has 5 nitrogen and oxygen atoms in total. The number of carboxylic acids is 1. The fourth-order valence-electron chi connectivity index (χ4n) is 1.93. The maximum Gasteiger partial charge on any atom is 0.326 e. The summed E-state index contributed by atoms with van der Waals surface area (Å²) in [4.78, 5) is 23.0. The zero-order valence-corrected chi connectivity index (χ0v) is 12.5. The van der Waals surface area contributed by atoms with E-state index < -0.39 is 12.0 Å². The van der Waals surface area contributed by atoms with Crippen LogP contribution in [0.5, 0.6) is 0 Å². The van der Waals surface area contributed by atoms with Crippen LogP contribution in [0.1, 0.15) is 31.7 Å². The van der Waals surface area contributed by atoms with Gasteiger partial charge in [-0.3, -0.25) is 4.79 Å². The molecule has 116 valence electrons. The summed E-state index contributed by atoms with van der Waals surface area (Å²) < 4.78 is 5.06. The number of hydrogen-bond acceptors (Lipinski definition) is 3. The molecular weight excluding hydrogens is 270 g/mol. The quantitative estimate of drug-likeness (QED) is 0.730. The van der Waals surface area contributed by atoms with Gasteiger partial charge in [0.25, 0.3) is 0 Å². The van der Waals surface area contributed by atoms with Crippen LogP contribution in [0.4, 0.5) is 0 Å². The first-order valence-corrected chi connectivity index (χ1v) is 7.11. The molecule has 21 heavy (non-hydrogen) atoms. The molecule has 0 aliphatic rings. The third kappa shape index (κ3) is 6.90. The summed E-state index contributed by atoms with van der Waals surface area (Å²) in [5.41, 5.74) is 1.06. The molecule has 2 atom stereocenters. The highest BCUT2D eigenvalue weighted by atomic mass is 16.5. The van der Waals surface area contributed by atoms with Crippen molar-refractivity contribution in [2.45, 2.75) is 44.8 Å². The van der Waals surface area contributed by atoms with E-state index >= 15 is 0 Å². The number of aliphatic carboxylic acids is 1. The van der Waals surface area contributed by atoms with Gasteiger partial charge in [-0.25, -0.2) is 4.79 Å². The van der Waals surface area contributed by atoms with Crippen molar-refractivity contribution in [1.82, 2.24) is 5.32 Å². The van der Waals surface area contributed by atoms with Crippen molar-refractivity contribution in [3.63, 3.8) is 0 Å². The molecule has 1 aromatic rings. The smallest absolute Gasteiger partial charge is 0.326 e. The molecule has 0 fully saturated rings. The molecule has 0 aliphatic heterocycles. The summed E-state index contributed by atoms with van der Waals surface area (Å²) in [5, 5.41) is 11.8. The standard InChI is InChI=1S/C16H23NO4/c1-12(21-2)8-11-15(18)17-14(16(19)20)10-9-13-6-4-3-5-7-13/h3-7,12,14H,8-11H2,1-2H3,(H,17,18)(H,19,20). The van der Waals surface area contributed by atoms with Gasteiger partial charge in [0.2, 0.25) is 5.91 Å². The van der Waals surface area contributed by atoms with E-state index in [4.69, 9.17) is 4.74 Å². The maximum absolute atomic E-state index is 11.8. The number of benzene rings is 1. The van der Waals surface area contributed by atoms with Crippen LogP contribution in [-0.2, 0) is 20.7 Å². The molecule has 0 heterocycles. The second kappa shape index (κ2) is 9.13. The monoisotopic (exact) mass is 293 g/mol. The SMILES string of the molecule is COC(C)CCC(=O)NC(CCc1ccccc1)C(=O)O. The molecule has 1 aromatic carbocycles. The van der Waals surface area contributed by atoms with Crippen LogP contribution >= 0.6 is 0 Å². The Morgan fingerprint density at radius 3 is 2.48 bits per heavy atom. The van der Waals surface area contributed by atoms with Gasteiger partial charge in [0.1, 0.15) is 6.04 Å². The molecule has 0 bridgehead atoms. The van der Waals surface area contributed by atoms with E-state index in [0.717, 1.165) is 5.56 Å². The molecule has 5 heteroatoms. The molecule has 0 aromatic heterocycles. The van der Waals surface area contributed by atoms with Gasteiger partial charge in [-0.2, -0.15) is 0 Å². The molecule has 0 radical (unpaired) electrons. The predicted octanol–water partition coefficient (Wildman–Crippen LogP) is 2.00. The fourth-order valence-corrected chi connectivity index (χ4v) is 1.93. The lowest BCUT2D eigenvalue weighted by atomic mass is 10.0. The van der Waals surface area contributed by atoms with Gasteiger partial charge in [0.15, 0.2) is 0 Å². The van der Waals surface area contributed by atoms with E-state index in [1.165, 1.54) is 0 Å². The molecule has 1 amide bonds. The molecule has 0 saturated heterocycles. The number of carboxylic acid groups (broad SMARTS) is 1. The minimum Gasteiger partial charge on any atom is -0.480 e. The van der Waals surface area contributed by atoms with Gasteiger partial charge < -0.3 is 15.2 Å². The Balaban J connectivity index is 2.42. The van der Waals surface area contributed by atoms with Gasteiger partial charge in [0, 0.05) is 13.5 Å². The van der Waals surface area contributed by atoms with E-state index in [1.807, 2.05) is 37.3 Å². The lowest BCUT2D eigenvalue weighted by Gasteiger charge is -2.15. The van der Waals surface area contributed by atoms with Crippen molar-refractivity contribution in [2.75, 3.05) is 7.11 Å². The molecule has 0 saturated carbocycles. The van der Waals surface area contributed by atoms with Gasteiger partial charge in [-0.1, -0.05) is 30.3 Å². The molecule has 0 spiro atoms. The number of rotatable bonds is 9. The number of hydrogen-bond donors (Lipinski definition) is 2. The number of carbonyl (C=O) groups is 2. The summed E-state index contributed by atoms with van der Waals surface area (Å²) in [5.74, 6) is -1.25. The number of aryl methyl sites for hydroxylation is 1. The number of amides is 1. The highest BCUT2D eigenvalue weighted by molar-refractivity contribution is 5.83. The minimum atomic E-state index is -1.00. The van der Waals surface area contributed by atoms with Crippen LogP contribution in [0.2, 0.25) is 0 Å². The van der Waals surface area contributed by atoms with Crippen LogP contribution in [0.15, 0.2) is 30.3 Å².